The van der Waals surface area contributed by atoms with E-state index in [0.717, 1.165) is 12.8 Å². The number of nitrogens with zero attached hydrogens (tertiary/aromatic N) is 3. The van der Waals surface area contributed by atoms with E-state index in [1.807, 2.05) is 6.07 Å². The highest BCUT2D eigenvalue weighted by molar-refractivity contribution is 5.96. The lowest BCUT2D eigenvalue weighted by Gasteiger charge is -2.14. The lowest BCUT2D eigenvalue weighted by Crippen LogP contribution is -2.23. The van der Waals surface area contributed by atoms with Crippen molar-refractivity contribution in [2.45, 2.75) is 18.9 Å². The van der Waals surface area contributed by atoms with Gasteiger partial charge in [0.25, 0.3) is 5.91 Å². The fraction of sp³-hybridized carbons (Fsp3) is 0.417. The molecule has 1 saturated carbocycles. The Balaban J connectivity index is 2.35. The summed E-state index contributed by atoms with van der Waals surface area (Å²) in [7, 11) is 3.34. The van der Waals surface area contributed by atoms with Crippen molar-refractivity contribution < 1.29 is 9.53 Å². The van der Waals surface area contributed by atoms with E-state index >= 15 is 0 Å². The van der Waals surface area contributed by atoms with Gasteiger partial charge < -0.3 is 9.64 Å². The van der Waals surface area contributed by atoms with Gasteiger partial charge in [0.15, 0.2) is 0 Å². The van der Waals surface area contributed by atoms with Crippen molar-refractivity contribution >= 4 is 5.91 Å². The molecule has 1 heterocycles. The summed E-state index contributed by atoms with van der Waals surface area (Å²) >= 11 is 0. The van der Waals surface area contributed by atoms with Crippen molar-refractivity contribution in [3.05, 3.63) is 23.5 Å². The molecule has 88 valence electrons. The third-order valence-electron chi connectivity index (χ3n) is 2.44. The van der Waals surface area contributed by atoms with Gasteiger partial charge >= 0.3 is 0 Å². The first kappa shape index (κ1) is 11.4. The van der Waals surface area contributed by atoms with Crippen LogP contribution in [-0.2, 0) is 0 Å². The van der Waals surface area contributed by atoms with Crippen LogP contribution in [0.2, 0.25) is 0 Å². The van der Waals surface area contributed by atoms with E-state index in [4.69, 9.17) is 10.00 Å². The molecular formula is C12H13N3O2. The molecule has 1 aromatic rings. The summed E-state index contributed by atoms with van der Waals surface area (Å²) in [5.74, 6) is 0.287. The summed E-state index contributed by atoms with van der Waals surface area (Å²) in [6.45, 7) is 0. The Labute approximate surface area is 99.6 Å². The summed E-state index contributed by atoms with van der Waals surface area (Å²) in [4.78, 5) is 17.3. The van der Waals surface area contributed by atoms with E-state index < -0.39 is 0 Å². The predicted octanol–water partition coefficient (Wildman–Crippen LogP) is 1.20. The zero-order valence-electron chi connectivity index (χ0n) is 9.80. The molecule has 2 rings (SSSR count). The van der Waals surface area contributed by atoms with Gasteiger partial charge in [-0.15, -0.1) is 0 Å². The van der Waals surface area contributed by atoms with E-state index in [9.17, 15) is 4.79 Å². The number of aromatic nitrogens is 1. The van der Waals surface area contributed by atoms with Crippen molar-refractivity contribution in [3.63, 3.8) is 0 Å². The molecule has 1 aliphatic rings. The predicted molar refractivity (Wildman–Crippen MR) is 60.6 cm³/mol. The second-order valence-corrected chi connectivity index (χ2v) is 4.19. The second kappa shape index (κ2) is 4.42. The highest BCUT2D eigenvalue weighted by Crippen LogP contribution is 2.29. The van der Waals surface area contributed by atoms with E-state index in [1.165, 1.54) is 17.2 Å². The van der Waals surface area contributed by atoms with Gasteiger partial charge in [0.05, 0.1) is 11.7 Å². The number of pyridine rings is 1. The molecule has 1 fully saturated rings. The number of nitriles is 1. The van der Waals surface area contributed by atoms with Crippen molar-refractivity contribution in [1.82, 2.24) is 9.88 Å². The van der Waals surface area contributed by atoms with Crippen LogP contribution in [0.25, 0.3) is 0 Å². The molecule has 0 N–H and O–H groups in total. The zero-order chi connectivity index (χ0) is 12.4. The van der Waals surface area contributed by atoms with Gasteiger partial charge in [0.1, 0.15) is 17.5 Å². The van der Waals surface area contributed by atoms with Gasteiger partial charge in [-0.1, -0.05) is 0 Å². The maximum atomic E-state index is 11.9. The van der Waals surface area contributed by atoms with Gasteiger partial charge in [0.2, 0.25) is 0 Å². The first-order chi connectivity index (χ1) is 8.11. The smallest absolute Gasteiger partial charge is 0.258 e. The van der Waals surface area contributed by atoms with Crippen molar-refractivity contribution in [3.8, 4) is 11.8 Å². The summed E-state index contributed by atoms with van der Waals surface area (Å²) in [6.07, 6.45) is 3.58. The Morgan fingerprint density at radius 3 is 2.82 bits per heavy atom. The number of ether oxygens (including phenoxy) is 1. The maximum absolute atomic E-state index is 11.9. The summed E-state index contributed by atoms with van der Waals surface area (Å²) in [5.41, 5.74) is 0.664. The number of carbonyl (C=O) groups is 1. The summed E-state index contributed by atoms with van der Waals surface area (Å²) in [6, 6.07) is 3.46. The lowest BCUT2D eigenvalue weighted by molar-refractivity contribution is 0.0822. The molecule has 1 aliphatic carbocycles. The molecular weight excluding hydrogens is 218 g/mol. The molecule has 0 radical (unpaired) electrons. The van der Waals surface area contributed by atoms with Gasteiger partial charge in [0, 0.05) is 26.4 Å². The van der Waals surface area contributed by atoms with E-state index in [-0.39, 0.29) is 17.7 Å². The quantitative estimate of drug-likeness (QED) is 0.783. The molecule has 0 unspecified atom stereocenters. The van der Waals surface area contributed by atoms with Gasteiger partial charge in [-0.25, -0.2) is 4.98 Å². The Bertz CT molecular complexity index is 487. The molecule has 1 amide bonds. The molecule has 0 spiro atoms. The molecule has 0 aromatic carbocycles. The summed E-state index contributed by atoms with van der Waals surface area (Å²) in [5, 5.41) is 8.79. The molecule has 17 heavy (non-hydrogen) atoms. The Kier molecular flexibility index (Phi) is 2.96. The Morgan fingerprint density at radius 2 is 2.29 bits per heavy atom. The van der Waals surface area contributed by atoms with E-state index in [2.05, 4.69) is 4.98 Å². The first-order valence-electron chi connectivity index (χ1n) is 5.40. The van der Waals surface area contributed by atoms with Crippen molar-refractivity contribution in [2.75, 3.05) is 14.1 Å². The van der Waals surface area contributed by atoms with Crippen LogP contribution in [0.4, 0.5) is 0 Å². The van der Waals surface area contributed by atoms with E-state index in [0.29, 0.717) is 11.3 Å². The SMILES string of the molecule is CN(C)C(=O)c1cnc(C#N)cc1OC1CC1. The van der Waals surface area contributed by atoms with Crippen LogP contribution >= 0.6 is 0 Å². The number of rotatable bonds is 3. The minimum atomic E-state index is -0.169. The molecule has 5 nitrogen and oxygen atoms in total. The molecule has 5 heteroatoms. The Morgan fingerprint density at radius 1 is 1.59 bits per heavy atom. The molecule has 0 saturated heterocycles. The van der Waals surface area contributed by atoms with Gasteiger partial charge in [-0.05, 0) is 12.8 Å². The van der Waals surface area contributed by atoms with Crippen LogP contribution in [0.15, 0.2) is 12.3 Å². The topological polar surface area (TPSA) is 66.2 Å². The van der Waals surface area contributed by atoms with Crippen molar-refractivity contribution in [2.24, 2.45) is 0 Å². The average Bonchev–Trinajstić information content (AvgIpc) is 3.11. The first-order valence-corrected chi connectivity index (χ1v) is 5.40. The van der Waals surface area contributed by atoms with Crippen LogP contribution in [-0.4, -0.2) is 36.0 Å². The highest BCUT2D eigenvalue weighted by atomic mass is 16.5. The average molecular weight is 231 g/mol. The van der Waals surface area contributed by atoms with Crippen LogP contribution in [0.3, 0.4) is 0 Å². The third-order valence-corrected chi connectivity index (χ3v) is 2.44. The van der Waals surface area contributed by atoms with E-state index in [1.54, 1.807) is 14.1 Å². The van der Waals surface area contributed by atoms with Crippen LogP contribution in [0.1, 0.15) is 28.9 Å². The zero-order valence-corrected chi connectivity index (χ0v) is 9.80. The minimum absolute atomic E-state index is 0.169. The van der Waals surface area contributed by atoms with Crippen LogP contribution in [0.5, 0.6) is 5.75 Å². The summed E-state index contributed by atoms with van der Waals surface area (Å²) < 4.78 is 5.63. The molecule has 0 aliphatic heterocycles. The molecule has 0 bridgehead atoms. The number of amides is 1. The third kappa shape index (κ3) is 2.53. The van der Waals surface area contributed by atoms with Gasteiger partial charge in [-0.3, -0.25) is 4.79 Å². The normalized spacial score (nSPS) is 13.9. The van der Waals surface area contributed by atoms with Crippen molar-refractivity contribution in [1.29, 1.82) is 5.26 Å². The van der Waals surface area contributed by atoms with Crippen LogP contribution in [0, 0.1) is 11.3 Å². The largest absolute Gasteiger partial charge is 0.489 e. The maximum Gasteiger partial charge on any atom is 0.258 e. The van der Waals surface area contributed by atoms with Gasteiger partial charge in [-0.2, -0.15) is 5.26 Å². The standard InChI is InChI=1S/C12H13N3O2/c1-15(2)12(16)10-7-14-8(6-13)5-11(10)17-9-3-4-9/h5,7,9H,3-4H2,1-2H3. The fourth-order valence-electron chi connectivity index (χ4n) is 1.36. The minimum Gasteiger partial charge on any atom is -0.489 e. The molecule has 0 atom stereocenters. The number of carbonyl (C=O) groups excluding carboxylic acids is 1. The highest BCUT2D eigenvalue weighted by Gasteiger charge is 2.26. The fourth-order valence-corrected chi connectivity index (χ4v) is 1.36. The second-order valence-electron chi connectivity index (χ2n) is 4.19. The van der Waals surface area contributed by atoms with Crippen LogP contribution < -0.4 is 4.74 Å². The number of hydrogen-bond acceptors (Lipinski definition) is 4. The Hall–Kier alpha value is -2.09. The monoisotopic (exact) mass is 231 g/mol. The molecule has 1 aromatic heterocycles. The number of hydrogen-bond donors (Lipinski definition) is 0. The lowest BCUT2D eigenvalue weighted by atomic mass is 10.2.